The van der Waals surface area contributed by atoms with Gasteiger partial charge in [0.25, 0.3) is 0 Å². The van der Waals surface area contributed by atoms with Gasteiger partial charge in [0.2, 0.25) is 5.91 Å². The number of urea groups is 1. The molecule has 3 atom stereocenters. The molecule has 2 N–H and O–H groups in total. The van der Waals surface area contributed by atoms with Gasteiger partial charge in [-0.1, -0.05) is 30.0 Å². The van der Waals surface area contributed by atoms with Crippen molar-refractivity contribution >= 4 is 35.1 Å². The van der Waals surface area contributed by atoms with Crippen LogP contribution in [0.5, 0.6) is 11.5 Å². The fraction of sp³-hybridized carbons (Fsp3) is 0.321. The van der Waals surface area contributed by atoms with E-state index >= 15 is 0 Å². The number of hydrogen-bond acceptors (Lipinski definition) is 6. The first kappa shape index (κ1) is 23.8. The molecule has 1 fully saturated rings. The predicted molar refractivity (Wildman–Crippen MR) is 143 cm³/mol. The van der Waals surface area contributed by atoms with Gasteiger partial charge in [0.05, 0.1) is 23.3 Å². The lowest BCUT2D eigenvalue weighted by atomic mass is 9.97. The van der Waals surface area contributed by atoms with Gasteiger partial charge < -0.3 is 20.3 Å². The van der Waals surface area contributed by atoms with Crippen molar-refractivity contribution in [3.8, 4) is 11.5 Å². The van der Waals surface area contributed by atoms with Gasteiger partial charge in [-0.2, -0.15) is 0 Å². The number of ether oxygens (including phenoxy) is 1. The molecule has 2 aromatic carbocycles. The van der Waals surface area contributed by atoms with Gasteiger partial charge in [0.1, 0.15) is 21.9 Å². The van der Waals surface area contributed by atoms with Gasteiger partial charge in [0, 0.05) is 18.3 Å². The van der Waals surface area contributed by atoms with Gasteiger partial charge in [-0.05, 0) is 75.3 Å². The van der Waals surface area contributed by atoms with Crippen molar-refractivity contribution in [3.63, 3.8) is 0 Å². The zero-order chi connectivity index (χ0) is 25.5. The van der Waals surface area contributed by atoms with Crippen LogP contribution in [0.2, 0.25) is 0 Å². The van der Waals surface area contributed by atoms with Crippen LogP contribution in [-0.4, -0.2) is 47.3 Å². The Hall–Kier alpha value is -3.56. The summed E-state index contributed by atoms with van der Waals surface area (Å²) in [6, 6.07) is 16.6. The zero-order valence-corrected chi connectivity index (χ0v) is 21.6. The molecule has 3 unspecified atom stereocenters. The second-order valence-electron chi connectivity index (χ2n) is 9.82. The third kappa shape index (κ3) is 4.53. The molecule has 37 heavy (non-hydrogen) atoms. The molecule has 1 aromatic heterocycles. The number of pyridine rings is 1. The molecule has 3 aromatic rings. The topological polar surface area (TPSA) is 86.8 Å². The Labute approximate surface area is 220 Å². The largest absolute Gasteiger partial charge is 0.457 e. The molecule has 1 saturated heterocycles. The van der Waals surface area contributed by atoms with Crippen LogP contribution in [0.15, 0.2) is 65.8 Å². The van der Waals surface area contributed by atoms with Crippen LogP contribution in [0.1, 0.15) is 30.0 Å². The molecule has 0 bridgehead atoms. The first-order valence-electron chi connectivity index (χ1n) is 12.6. The van der Waals surface area contributed by atoms with Gasteiger partial charge in [-0.25, -0.2) is 9.78 Å². The normalized spacial score (nSPS) is 22.8. The minimum absolute atomic E-state index is 0.0365. The Kier molecular flexibility index (Phi) is 6.26. The highest BCUT2D eigenvalue weighted by molar-refractivity contribution is 8.00. The molecule has 3 aliphatic rings. The number of hydrogen-bond donors (Lipinski definition) is 2. The molecule has 0 spiro atoms. The van der Waals surface area contributed by atoms with Crippen molar-refractivity contribution in [2.24, 2.45) is 5.92 Å². The summed E-state index contributed by atoms with van der Waals surface area (Å²) in [5.41, 5.74) is 3.42. The molecule has 9 heteroatoms. The molecule has 3 aliphatic heterocycles. The van der Waals surface area contributed by atoms with E-state index in [1.807, 2.05) is 68.6 Å². The van der Waals surface area contributed by atoms with E-state index in [-0.39, 0.29) is 29.3 Å². The fourth-order valence-corrected chi connectivity index (χ4v) is 6.61. The van der Waals surface area contributed by atoms with Crippen molar-refractivity contribution in [3.05, 3.63) is 71.9 Å². The van der Waals surface area contributed by atoms with Crippen LogP contribution < -0.4 is 20.3 Å². The van der Waals surface area contributed by atoms with Crippen LogP contribution in [-0.2, 0) is 4.79 Å². The summed E-state index contributed by atoms with van der Waals surface area (Å²) in [4.78, 5) is 35.0. The Bertz CT molecular complexity index is 1350. The number of thioether (sulfide) groups is 1. The summed E-state index contributed by atoms with van der Waals surface area (Å²) in [6.07, 6.45) is 3.63. The molecular weight excluding hydrogens is 486 g/mol. The van der Waals surface area contributed by atoms with E-state index in [1.54, 1.807) is 11.1 Å². The van der Waals surface area contributed by atoms with Crippen LogP contribution in [0.3, 0.4) is 0 Å². The van der Waals surface area contributed by atoms with Crippen LogP contribution in [0, 0.1) is 12.8 Å². The maximum Gasteiger partial charge on any atom is 0.327 e. The highest BCUT2D eigenvalue weighted by Gasteiger charge is 2.45. The highest BCUT2D eigenvalue weighted by Crippen LogP contribution is 2.50. The molecule has 190 valence electrons. The number of para-hydroxylation sites is 1. The second kappa shape index (κ2) is 9.72. The number of piperidine rings is 1. The second-order valence-corrected chi connectivity index (χ2v) is 11.0. The number of anilines is 2. The molecule has 0 saturated carbocycles. The van der Waals surface area contributed by atoms with E-state index < -0.39 is 0 Å². The monoisotopic (exact) mass is 515 g/mol. The van der Waals surface area contributed by atoms with E-state index in [9.17, 15) is 9.59 Å². The molecule has 8 nitrogen and oxygen atoms in total. The first-order valence-corrected chi connectivity index (χ1v) is 13.4. The third-order valence-corrected chi connectivity index (χ3v) is 8.37. The van der Waals surface area contributed by atoms with Gasteiger partial charge >= 0.3 is 6.03 Å². The Morgan fingerprint density at radius 1 is 1.14 bits per heavy atom. The van der Waals surface area contributed by atoms with Gasteiger partial charge in [-0.15, -0.1) is 0 Å². The van der Waals surface area contributed by atoms with E-state index in [1.165, 1.54) is 11.8 Å². The van der Waals surface area contributed by atoms with Crippen molar-refractivity contribution in [1.82, 2.24) is 20.5 Å². The number of nitrogens with zero attached hydrogens (tertiary/aromatic N) is 3. The number of benzene rings is 2. The molecule has 3 amide bonds. The number of rotatable bonds is 5. The SMILES string of the molecule is Cc1cc(Oc2ccccc2)ccc1N1C(=O)NC2c3c1ccnc3SC2NC(=O)C1CCCN(C)C1. The van der Waals surface area contributed by atoms with E-state index in [2.05, 4.69) is 20.5 Å². The van der Waals surface area contributed by atoms with E-state index in [4.69, 9.17) is 4.74 Å². The highest BCUT2D eigenvalue weighted by atomic mass is 32.2. The maximum absolute atomic E-state index is 13.5. The predicted octanol–water partition coefficient (Wildman–Crippen LogP) is 4.97. The average molecular weight is 516 g/mol. The average Bonchev–Trinajstić information content (AvgIpc) is 3.23. The standard InChI is InChI=1S/C28H29N5O3S/c1-17-15-20(36-19-8-4-3-5-9-19)10-11-21(17)33-22-12-13-29-26-23(22)24(30-28(33)35)27(37-26)31-25(34)18-7-6-14-32(2)16-18/h3-5,8-13,15,18,24,27H,6-7,14,16H2,1-2H3,(H,30,35)(H,31,34). The summed E-state index contributed by atoms with van der Waals surface area (Å²) in [5, 5.41) is 6.88. The minimum atomic E-state index is -0.335. The maximum atomic E-state index is 13.5. The quantitative estimate of drug-likeness (QED) is 0.499. The lowest BCUT2D eigenvalue weighted by Crippen LogP contribution is -2.51. The van der Waals surface area contributed by atoms with Crippen LogP contribution in [0.4, 0.5) is 16.2 Å². The van der Waals surface area contributed by atoms with Crippen LogP contribution in [0.25, 0.3) is 0 Å². The van der Waals surface area contributed by atoms with Crippen LogP contribution >= 0.6 is 11.8 Å². The number of likely N-dealkylation sites (tertiary alicyclic amines) is 1. The molecular formula is C28H29N5O3S. The summed E-state index contributed by atoms with van der Waals surface area (Å²) in [7, 11) is 2.05. The smallest absolute Gasteiger partial charge is 0.327 e. The number of carbonyl (C=O) groups is 2. The first-order chi connectivity index (χ1) is 18.0. The molecule has 4 heterocycles. The Morgan fingerprint density at radius 3 is 2.76 bits per heavy atom. The molecule has 6 rings (SSSR count). The summed E-state index contributed by atoms with van der Waals surface area (Å²) >= 11 is 1.51. The van der Waals surface area contributed by atoms with Crippen molar-refractivity contribution in [1.29, 1.82) is 0 Å². The van der Waals surface area contributed by atoms with Crippen molar-refractivity contribution < 1.29 is 14.3 Å². The van der Waals surface area contributed by atoms with Gasteiger partial charge in [-0.3, -0.25) is 9.69 Å². The van der Waals surface area contributed by atoms with E-state index in [0.29, 0.717) is 5.75 Å². The fourth-order valence-electron chi connectivity index (χ4n) is 5.38. The zero-order valence-electron chi connectivity index (χ0n) is 20.8. The van der Waals surface area contributed by atoms with Crippen molar-refractivity contribution in [2.75, 3.05) is 25.0 Å². The minimum Gasteiger partial charge on any atom is -0.457 e. The summed E-state index contributed by atoms with van der Waals surface area (Å²) in [5.74, 6) is 1.46. The summed E-state index contributed by atoms with van der Waals surface area (Å²) < 4.78 is 5.98. The Morgan fingerprint density at radius 2 is 1.97 bits per heavy atom. The van der Waals surface area contributed by atoms with Crippen molar-refractivity contribution in [2.45, 2.75) is 36.2 Å². The number of aromatic nitrogens is 1. The Balaban J connectivity index is 1.25. The number of carbonyl (C=O) groups excluding carboxylic acids is 2. The number of aryl methyl sites for hydroxylation is 1. The summed E-state index contributed by atoms with van der Waals surface area (Å²) in [6.45, 7) is 3.74. The number of amides is 3. The third-order valence-electron chi connectivity index (χ3n) is 7.17. The van der Waals surface area contributed by atoms with E-state index in [0.717, 1.165) is 59.2 Å². The molecule has 0 radical (unpaired) electrons. The number of nitrogens with one attached hydrogen (secondary N) is 2. The molecule has 0 aliphatic carbocycles. The van der Waals surface area contributed by atoms with Gasteiger partial charge in [0.15, 0.2) is 0 Å². The lowest BCUT2D eigenvalue weighted by molar-refractivity contribution is -0.126. The lowest BCUT2D eigenvalue weighted by Gasteiger charge is -2.36.